The smallest absolute Gasteiger partial charge is 0.251 e. The molecule has 0 atom stereocenters. The number of carbonyl (C=O) groups is 1. The Hall–Kier alpha value is -3.00. The molecular formula is C20H20N4O3S. The van der Waals surface area contributed by atoms with E-state index in [9.17, 15) is 4.79 Å². The van der Waals surface area contributed by atoms with Crippen molar-refractivity contribution >= 4 is 23.1 Å². The molecule has 8 heteroatoms. The minimum Gasteiger partial charge on any atom is -0.454 e. The number of benzene rings is 1. The summed E-state index contributed by atoms with van der Waals surface area (Å²) in [6.45, 7) is 1.93. The molecule has 2 aliphatic heterocycles. The van der Waals surface area contributed by atoms with E-state index in [0.29, 0.717) is 17.1 Å². The fourth-order valence-electron chi connectivity index (χ4n) is 3.59. The van der Waals surface area contributed by atoms with Crippen LogP contribution in [0.25, 0.3) is 10.6 Å². The number of hydrogen-bond acceptors (Lipinski definition) is 6. The molecule has 2 aromatic heterocycles. The second kappa shape index (κ2) is 7.20. The van der Waals surface area contributed by atoms with Gasteiger partial charge in [0.15, 0.2) is 17.3 Å². The van der Waals surface area contributed by atoms with Gasteiger partial charge in [-0.3, -0.25) is 9.89 Å². The highest BCUT2D eigenvalue weighted by molar-refractivity contribution is 7.13. The lowest BCUT2D eigenvalue weighted by molar-refractivity contribution is 0.0930. The number of nitrogens with zero attached hydrogens (tertiary/aromatic N) is 2. The quantitative estimate of drug-likeness (QED) is 0.708. The average Bonchev–Trinajstić information content (AvgIpc) is 3.48. The number of hydrogen-bond donors (Lipinski definition) is 2. The van der Waals surface area contributed by atoms with Gasteiger partial charge < -0.3 is 19.7 Å². The number of nitrogens with one attached hydrogen (secondary N) is 2. The normalized spacial score (nSPS) is 16.4. The third-order valence-electron chi connectivity index (χ3n) is 5.14. The van der Waals surface area contributed by atoms with Gasteiger partial charge in [0.05, 0.1) is 10.6 Å². The SMILES string of the molecule is O=C(NC1CCN(c2cc(-c3cccs3)[nH]n2)CC1)c1ccc2c(c1)OCO2. The van der Waals surface area contributed by atoms with Crippen molar-refractivity contribution in [2.75, 3.05) is 24.8 Å². The van der Waals surface area contributed by atoms with Gasteiger partial charge in [-0.05, 0) is 42.5 Å². The van der Waals surface area contributed by atoms with E-state index >= 15 is 0 Å². The summed E-state index contributed by atoms with van der Waals surface area (Å²) in [6.07, 6.45) is 1.77. The molecule has 0 spiro atoms. The molecule has 1 fully saturated rings. The van der Waals surface area contributed by atoms with Crippen LogP contribution < -0.4 is 19.7 Å². The topological polar surface area (TPSA) is 79.5 Å². The molecule has 144 valence electrons. The zero-order valence-electron chi connectivity index (χ0n) is 15.2. The monoisotopic (exact) mass is 396 g/mol. The van der Waals surface area contributed by atoms with E-state index in [1.54, 1.807) is 29.5 Å². The predicted molar refractivity (Wildman–Crippen MR) is 107 cm³/mol. The van der Waals surface area contributed by atoms with Crippen LogP contribution in [-0.2, 0) is 0 Å². The lowest BCUT2D eigenvalue weighted by atomic mass is 10.0. The van der Waals surface area contributed by atoms with Crippen LogP contribution >= 0.6 is 11.3 Å². The molecule has 1 amide bonds. The van der Waals surface area contributed by atoms with Crippen molar-refractivity contribution in [1.29, 1.82) is 0 Å². The van der Waals surface area contributed by atoms with Crippen molar-refractivity contribution in [1.82, 2.24) is 15.5 Å². The van der Waals surface area contributed by atoms with Crippen molar-refractivity contribution in [3.63, 3.8) is 0 Å². The third-order valence-corrected chi connectivity index (χ3v) is 6.04. The Bertz CT molecular complexity index is 977. The second-order valence-corrected chi connectivity index (χ2v) is 7.87. The summed E-state index contributed by atoms with van der Waals surface area (Å²) in [4.78, 5) is 16.0. The molecule has 0 saturated carbocycles. The van der Waals surface area contributed by atoms with Crippen LogP contribution in [0.2, 0.25) is 0 Å². The first kappa shape index (κ1) is 17.1. The van der Waals surface area contributed by atoms with Gasteiger partial charge in [-0.25, -0.2) is 0 Å². The molecular weight excluding hydrogens is 376 g/mol. The number of ether oxygens (including phenoxy) is 2. The first-order valence-electron chi connectivity index (χ1n) is 9.31. The fraction of sp³-hybridized carbons (Fsp3) is 0.300. The van der Waals surface area contributed by atoms with Crippen LogP contribution in [-0.4, -0.2) is 42.0 Å². The molecule has 2 N–H and O–H groups in total. The summed E-state index contributed by atoms with van der Waals surface area (Å²) in [5, 5.41) is 12.8. The number of amides is 1. The van der Waals surface area contributed by atoms with E-state index in [1.165, 1.54) is 4.88 Å². The maximum atomic E-state index is 12.6. The number of aromatic nitrogens is 2. The van der Waals surface area contributed by atoms with Gasteiger partial charge in [0.25, 0.3) is 5.91 Å². The van der Waals surface area contributed by atoms with Gasteiger partial charge in [0.1, 0.15) is 0 Å². The Morgan fingerprint density at radius 2 is 2.04 bits per heavy atom. The number of piperidine rings is 1. The van der Waals surface area contributed by atoms with Crippen LogP contribution in [0, 0.1) is 0 Å². The average molecular weight is 396 g/mol. The van der Waals surface area contributed by atoms with Gasteiger partial charge in [0.2, 0.25) is 6.79 Å². The number of aromatic amines is 1. The van der Waals surface area contributed by atoms with Crippen molar-refractivity contribution in [2.24, 2.45) is 0 Å². The summed E-state index contributed by atoms with van der Waals surface area (Å²) in [7, 11) is 0. The minimum atomic E-state index is -0.0727. The lowest BCUT2D eigenvalue weighted by Gasteiger charge is -2.32. The zero-order chi connectivity index (χ0) is 18.9. The van der Waals surface area contributed by atoms with Crippen molar-refractivity contribution in [3.8, 4) is 22.1 Å². The summed E-state index contributed by atoms with van der Waals surface area (Å²) in [5.41, 5.74) is 1.64. The number of carbonyl (C=O) groups excluding carboxylic acids is 1. The molecule has 3 aromatic rings. The Balaban J connectivity index is 1.18. The van der Waals surface area contributed by atoms with E-state index in [-0.39, 0.29) is 18.7 Å². The fourth-order valence-corrected chi connectivity index (χ4v) is 4.28. The van der Waals surface area contributed by atoms with Crippen LogP contribution in [0.1, 0.15) is 23.2 Å². The molecule has 0 unspecified atom stereocenters. The van der Waals surface area contributed by atoms with E-state index in [1.807, 2.05) is 6.07 Å². The molecule has 0 bridgehead atoms. The van der Waals surface area contributed by atoms with E-state index < -0.39 is 0 Å². The molecule has 1 saturated heterocycles. The highest BCUT2D eigenvalue weighted by Gasteiger charge is 2.24. The standard InChI is InChI=1S/C20H20N4O3S/c25-20(13-3-4-16-17(10-13)27-12-26-16)21-14-5-7-24(8-6-14)19-11-15(22-23-19)18-2-1-9-28-18/h1-4,9-11,14H,5-8,12H2,(H,21,25)(H,22,23). The second-order valence-electron chi connectivity index (χ2n) is 6.92. The van der Waals surface area contributed by atoms with Crippen molar-refractivity contribution < 1.29 is 14.3 Å². The number of anilines is 1. The molecule has 2 aliphatic rings. The molecule has 0 aliphatic carbocycles. The Kier molecular flexibility index (Phi) is 4.40. The highest BCUT2D eigenvalue weighted by atomic mass is 32.1. The summed E-state index contributed by atoms with van der Waals surface area (Å²) in [5.74, 6) is 2.20. The molecule has 1 aromatic carbocycles. The highest BCUT2D eigenvalue weighted by Crippen LogP contribution is 2.32. The van der Waals surface area contributed by atoms with Gasteiger partial charge in [0, 0.05) is 30.8 Å². The van der Waals surface area contributed by atoms with E-state index in [0.717, 1.165) is 37.4 Å². The zero-order valence-corrected chi connectivity index (χ0v) is 16.0. The van der Waals surface area contributed by atoms with Gasteiger partial charge >= 0.3 is 0 Å². The first-order valence-corrected chi connectivity index (χ1v) is 10.2. The van der Waals surface area contributed by atoms with Crippen LogP contribution in [0.15, 0.2) is 41.8 Å². The number of H-pyrrole nitrogens is 1. The predicted octanol–water partition coefficient (Wildman–Crippen LogP) is 3.27. The van der Waals surface area contributed by atoms with E-state index in [4.69, 9.17) is 9.47 Å². The summed E-state index contributed by atoms with van der Waals surface area (Å²) >= 11 is 1.69. The number of thiophene rings is 1. The minimum absolute atomic E-state index is 0.0727. The van der Waals surface area contributed by atoms with E-state index in [2.05, 4.69) is 37.9 Å². The number of fused-ring (bicyclic) bond motifs is 1. The number of rotatable bonds is 4. The lowest BCUT2D eigenvalue weighted by Crippen LogP contribution is -2.44. The Morgan fingerprint density at radius 3 is 2.86 bits per heavy atom. The Labute approximate surface area is 166 Å². The summed E-state index contributed by atoms with van der Waals surface area (Å²) in [6, 6.07) is 11.7. The van der Waals surface area contributed by atoms with Crippen LogP contribution in [0.4, 0.5) is 5.82 Å². The van der Waals surface area contributed by atoms with Gasteiger partial charge in [-0.1, -0.05) is 6.07 Å². The molecule has 28 heavy (non-hydrogen) atoms. The van der Waals surface area contributed by atoms with Gasteiger partial charge in [-0.2, -0.15) is 5.10 Å². The molecule has 4 heterocycles. The maximum Gasteiger partial charge on any atom is 0.251 e. The molecule has 0 radical (unpaired) electrons. The first-order chi connectivity index (χ1) is 13.8. The van der Waals surface area contributed by atoms with Crippen molar-refractivity contribution in [3.05, 3.63) is 47.3 Å². The molecule has 5 rings (SSSR count). The van der Waals surface area contributed by atoms with Gasteiger partial charge in [-0.15, -0.1) is 11.3 Å². The van der Waals surface area contributed by atoms with Crippen molar-refractivity contribution in [2.45, 2.75) is 18.9 Å². The third kappa shape index (κ3) is 3.31. The maximum absolute atomic E-state index is 12.6. The Morgan fingerprint density at radius 1 is 1.18 bits per heavy atom. The molecule has 7 nitrogen and oxygen atoms in total. The van der Waals surface area contributed by atoms with Crippen LogP contribution in [0.5, 0.6) is 11.5 Å². The summed E-state index contributed by atoms with van der Waals surface area (Å²) < 4.78 is 10.6. The largest absolute Gasteiger partial charge is 0.454 e. The van der Waals surface area contributed by atoms with Crippen LogP contribution in [0.3, 0.4) is 0 Å².